The molecule has 4 amide bonds. The lowest BCUT2D eigenvalue weighted by Gasteiger charge is -2.41. The Bertz CT molecular complexity index is 1490. The van der Waals surface area contributed by atoms with Crippen LogP contribution in [0.2, 0.25) is 0 Å². The van der Waals surface area contributed by atoms with Gasteiger partial charge in [0.1, 0.15) is 17.9 Å². The van der Waals surface area contributed by atoms with Crippen molar-refractivity contribution >= 4 is 35.4 Å². The molecule has 1 saturated heterocycles. The minimum absolute atomic E-state index is 0.0468. The number of methoxy groups -OCH3 is 2. The lowest BCUT2D eigenvalue weighted by Crippen LogP contribution is -2.61. The second-order valence-corrected chi connectivity index (χ2v) is 16.6. The quantitative estimate of drug-likeness (QED) is 0.147. The van der Waals surface area contributed by atoms with Gasteiger partial charge in [0.05, 0.1) is 42.7 Å². The number of nitrogens with two attached hydrogens (primary N) is 1. The third-order valence-electron chi connectivity index (χ3n) is 11.8. The topological polar surface area (TPSA) is 189 Å². The summed E-state index contributed by atoms with van der Waals surface area (Å²) in [6.45, 7) is 15.1. The molecule has 322 valence electrons. The number of carboxylic acid groups (broad SMARTS) is 1. The Morgan fingerprint density at radius 3 is 2.00 bits per heavy atom. The maximum atomic E-state index is 14.4. The normalized spacial score (nSPS) is 19.1. The number of nitrogens with one attached hydrogen (secondary N) is 1. The van der Waals surface area contributed by atoms with Crippen LogP contribution in [0.5, 0.6) is 0 Å². The molecule has 14 heteroatoms. The van der Waals surface area contributed by atoms with Crippen LogP contribution in [0.15, 0.2) is 30.3 Å². The Balaban J connectivity index is 2.30. The molecule has 0 spiro atoms. The van der Waals surface area contributed by atoms with Crippen molar-refractivity contribution in [2.45, 2.75) is 136 Å². The fourth-order valence-electron chi connectivity index (χ4n) is 8.27. The summed E-state index contributed by atoms with van der Waals surface area (Å²) in [5, 5.41) is 12.9. The average molecular weight is 802 g/mol. The first-order chi connectivity index (χ1) is 26.7. The van der Waals surface area contributed by atoms with Gasteiger partial charge in [-0.1, -0.05) is 85.2 Å². The summed E-state index contributed by atoms with van der Waals surface area (Å²) in [6, 6.07) is 5.66. The number of amides is 4. The monoisotopic (exact) mass is 802 g/mol. The van der Waals surface area contributed by atoms with Crippen LogP contribution in [0.3, 0.4) is 0 Å². The first-order valence-corrected chi connectivity index (χ1v) is 20.5. The van der Waals surface area contributed by atoms with E-state index in [9.17, 15) is 33.9 Å². The third kappa shape index (κ3) is 13.1. The minimum Gasteiger partial charge on any atom is -0.481 e. The fourth-order valence-corrected chi connectivity index (χ4v) is 8.27. The number of aliphatic carboxylic acids is 1. The largest absolute Gasteiger partial charge is 0.481 e. The number of ketones is 1. The molecule has 0 saturated carbocycles. The molecule has 1 fully saturated rings. The van der Waals surface area contributed by atoms with Crippen molar-refractivity contribution < 1.29 is 43.3 Å². The van der Waals surface area contributed by atoms with Crippen LogP contribution in [-0.2, 0) is 44.7 Å². The molecule has 1 aliphatic rings. The van der Waals surface area contributed by atoms with Crippen LogP contribution in [0, 0.1) is 29.6 Å². The highest BCUT2D eigenvalue weighted by Gasteiger charge is 2.43. The average Bonchev–Trinajstić information content (AvgIpc) is 3.65. The molecule has 4 N–H and O–H groups in total. The van der Waals surface area contributed by atoms with Crippen molar-refractivity contribution in [3.8, 4) is 0 Å². The zero-order chi connectivity index (χ0) is 43.3. The lowest BCUT2D eigenvalue weighted by molar-refractivity contribution is -0.149. The predicted molar refractivity (Wildman–Crippen MR) is 219 cm³/mol. The molecule has 0 unspecified atom stereocenters. The molecule has 14 nitrogen and oxygen atoms in total. The molecule has 0 radical (unpaired) electrons. The van der Waals surface area contributed by atoms with Crippen molar-refractivity contribution in [2.24, 2.45) is 35.3 Å². The molecule has 2 rings (SSSR count). The summed E-state index contributed by atoms with van der Waals surface area (Å²) in [4.78, 5) is 85.5. The SMILES string of the molecule is CC[C@H](C)[C@@H]([C@@H](CC(=O)N1CCC[C@H]1[C@H](OC)[C@@H](C)C(=O)C[C@@H](Cc1ccccc1)C(=O)O)OC)N(C)C(=O)[C@@H](NC(=O)[C@H](C(C)C)N(C)C(=O)[C@H](C)N)C(C)C. The smallest absolute Gasteiger partial charge is 0.307 e. The minimum atomic E-state index is -1.04. The maximum Gasteiger partial charge on any atom is 0.307 e. The molecule has 1 aliphatic heterocycles. The number of carbonyl (C=O) groups is 6. The Kier molecular flexibility index (Phi) is 19.8. The highest BCUT2D eigenvalue weighted by Crippen LogP contribution is 2.31. The van der Waals surface area contributed by atoms with Gasteiger partial charge in [-0.15, -0.1) is 0 Å². The summed E-state index contributed by atoms with van der Waals surface area (Å²) in [7, 11) is 6.22. The van der Waals surface area contributed by atoms with Crippen LogP contribution in [0.4, 0.5) is 0 Å². The number of likely N-dealkylation sites (tertiary alicyclic amines) is 1. The number of carboxylic acids is 1. The van der Waals surface area contributed by atoms with Crippen molar-refractivity contribution in [3.05, 3.63) is 35.9 Å². The first-order valence-electron chi connectivity index (χ1n) is 20.5. The molecule has 0 bridgehead atoms. The Hall–Kier alpha value is -3.88. The van der Waals surface area contributed by atoms with Crippen LogP contribution in [0.25, 0.3) is 0 Å². The van der Waals surface area contributed by atoms with Gasteiger partial charge in [0.15, 0.2) is 0 Å². The van der Waals surface area contributed by atoms with Gasteiger partial charge in [0, 0.05) is 47.2 Å². The molecule has 1 aromatic rings. The van der Waals surface area contributed by atoms with E-state index in [2.05, 4.69) is 5.32 Å². The van der Waals surface area contributed by atoms with Crippen LogP contribution >= 0.6 is 0 Å². The molecular formula is C43H71N5O9. The van der Waals surface area contributed by atoms with Crippen molar-refractivity contribution in [1.82, 2.24) is 20.0 Å². The van der Waals surface area contributed by atoms with Gasteiger partial charge in [-0.3, -0.25) is 28.8 Å². The van der Waals surface area contributed by atoms with Crippen molar-refractivity contribution in [3.63, 3.8) is 0 Å². The van der Waals surface area contributed by atoms with E-state index in [-0.39, 0.29) is 60.5 Å². The summed E-state index contributed by atoms with van der Waals surface area (Å²) in [5.74, 6) is -4.92. The number of carbonyl (C=O) groups excluding carboxylic acids is 5. The molecule has 1 heterocycles. The number of hydrogen-bond donors (Lipinski definition) is 3. The van der Waals surface area contributed by atoms with Gasteiger partial charge >= 0.3 is 5.97 Å². The number of ether oxygens (including phenoxy) is 2. The van der Waals surface area contributed by atoms with Gasteiger partial charge in [-0.25, -0.2) is 0 Å². The maximum absolute atomic E-state index is 14.4. The highest BCUT2D eigenvalue weighted by atomic mass is 16.5. The van der Waals surface area contributed by atoms with E-state index >= 15 is 0 Å². The second kappa shape index (κ2) is 22.9. The van der Waals surface area contributed by atoms with Crippen LogP contribution in [0.1, 0.15) is 93.1 Å². The first kappa shape index (κ1) is 49.3. The van der Waals surface area contributed by atoms with E-state index in [0.29, 0.717) is 25.8 Å². The van der Waals surface area contributed by atoms with E-state index in [4.69, 9.17) is 15.2 Å². The van der Waals surface area contributed by atoms with Crippen molar-refractivity contribution in [2.75, 3.05) is 34.9 Å². The molecular weight excluding hydrogens is 730 g/mol. The summed E-state index contributed by atoms with van der Waals surface area (Å²) < 4.78 is 11.9. The van der Waals surface area contributed by atoms with Gasteiger partial charge in [-0.05, 0) is 49.5 Å². The zero-order valence-corrected chi connectivity index (χ0v) is 36.4. The number of benzene rings is 1. The second-order valence-electron chi connectivity index (χ2n) is 16.6. The van der Waals surface area contributed by atoms with Gasteiger partial charge < -0.3 is 40.3 Å². The van der Waals surface area contributed by atoms with E-state index < -0.39 is 66.1 Å². The molecule has 1 aromatic carbocycles. The molecule has 0 aromatic heterocycles. The standard InChI is InChI=1S/C43H71N5O9/c1-13-27(6)38(47(10)42(53)36(25(2)3)45-40(51)37(26(4)5)46(9)41(52)29(8)44)34(56-11)24-35(50)48-21-17-20-32(48)39(57-12)28(7)33(49)23-31(43(54)55)22-30-18-15-14-16-19-30/h14-16,18-19,25-29,31-32,34,36-39H,13,17,20-24,44H2,1-12H3,(H,45,51)(H,54,55)/t27-,28-,29-,31+,32-,34+,36-,37-,38-,39+/m0/s1. The van der Waals surface area contributed by atoms with Crippen molar-refractivity contribution in [1.29, 1.82) is 0 Å². The van der Waals surface area contributed by atoms with Gasteiger partial charge in [0.2, 0.25) is 23.6 Å². The van der Waals surface area contributed by atoms with Gasteiger partial charge in [0.25, 0.3) is 0 Å². The fraction of sp³-hybridized carbons (Fsp3) is 0.721. The molecule has 57 heavy (non-hydrogen) atoms. The van der Waals surface area contributed by atoms with E-state index in [1.54, 1.807) is 30.7 Å². The predicted octanol–water partition coefficient (Wildman–Crippen LogP) is 3.78. The summed E-state index contributed by atoms with van der Waals surface area (Å²) in [6.07, 6.45) is 0.637. The Labute approximate surface area is 340 Å². The molecule has 10 atom stereocenters. The lowest BCUT2D eigenvalue weighted by atomic mass is 9.85. The van der Waals surface area contributed by atoms with E-state index in [0.717, 1.165) is 5.56 Å². The van der Waals surface area contributed by atoms with Crippen LogP contribution in [-0.4, -0.2) is 132 Å². The van der Waals surface area contributed by atoms with E-state index in [1.807, 2.05) is 71.9 Å². The number of rotatable bonds is 23. The number of hydrogen-bond acceptors (Lipinski definition) is 9. The Morgan fingerprint density at radius 2 is 1.51 bits per heavy atom. The molecule has 0 aliphatic carbocycles. The number of Topliss-reactive ketones (excluding diaryl/α,β-unsaturated/α-hetero) is 1. The number of likely N-dealkylation sites (N-methyl/N-ethyl adjacent to an activating group) is 2. The Morgan fingerprint density at radius 1 is 0.895 bits per heavy atom. The third-order valence-corrected chi connectivity index (χ3v) is 11.8. The number of nitrogens with zero attached hydrogens (tertiary/aromatic N) is 3. The van der Waals surface area contributed by atoms with Crippen LogP contribution < -0.4 is 11.1 Å². The van der Waals surface area contributed by atoms with E-state index in [1.165, 1.54) is 26.2 Å². The van der Waals surface area contributed by atoms with Gasteiger partial charge in [-0.2, -0.15) is 0 Å². The summed E-state index contributed by atoms with van der Waals surface area (Å²) in [5.41, 5.74) is 6.68. The summed E-state index contributed by atoms with van der Waals surface area (Å²) >= 11 is 0. The zero-order valence-electron chi connectivity index (χ0n) is 36.4. The highest BCUT2D eigenvalue weighted by molar-refractivity contribution is 5.93.